The second-order valence-electron chi connectivity index (χ2n) is 8.12. The second-order valence-corrected chi connectivity index (χ2v) is 12.3. The van der Waals surface area contributed by atoms with E-state index in [4.69, 9.17) is 0 Å². The fourth-order valence-electron chi connectivity index (χ4n) is 3.83. The monoisotopic (exact) mass is 516 g/mol. The summed E-state index contributed by atoms with van der Waals surface area (Å²) < 4.78 is 52.2. The first-order valence-corrected chi connectivity index (χ1v) is 14.4. The zero-order valence-corrected chi connectivity index (χ0v) is 21.0. The quantitative estimate of drug-likeness (QED) is 0.453. The number of nitrogens with zero attached hydrogens (tertiary/aromatic N) is 5. The minimum Gasteiger partial charge on any atom is -0.364 e. The van der Waals surface area contributed by atoms with Gasteiger partial charge in [-0.1, -0.05) is 6.92 Å². The molecule has 0 radical (unpaired) electrons. The van der Waals surface area contributed by atoms with Crippen LogP contribution in [-0.2, 0) is 33.0 Å². The van der Waals surface area contributed by atoms with E-state index in [1.54, 1.807) is 31.5 Å². The predicted octanol–water partition coefficient (Wildman–Crippen LogP) is 1.78. The summed E-state index contributed by atoms with van der Waals surface area (Å²) in [6.07, 6.45) is 6.36. The van der Waals surface area contributed by atoms with E-state index in [-0.39, 0.29) is 22.1 Å². The Morgan fingerprint density at radius 3 is 2.31 bits per heavy atom. The van der Waals surface area contributed by atoms with Crippen LogP contribution in [0.1, 0.15) is 18.2 Å². The molecule has 3 aromatic heterocycles. The van der Waals surface area contributed by atoms with Gasteiger partial charge >= 0.3 is 0 Å². The van der Waals surface area contributed by atoms with Crippen molar-refractivity contribution >= 4 is 25.7 Å². The summed E-state index contributed by atoms with van der Waals surface area (Å²) in [6, 6.07) is 10.1. The number of hydrogen-bond acceptors (Lipinski definition) is 9. The van der Waals surface area contributed by atoms with Crippen LogP contribution < -0.4 is 5.32 Å². The lowest BCUT2D eigenvalue weighted by atomic mass is 10.2. The highest BCUT2D eigenvalue weighted by Crippen LogP contribution is 2.20. The smallest absolute Gasteiger partial charge is 0.244 e. The molecule has 35 heavy (non-hydrogen) atoms. The van der Waals surface area contributed by atoms with Gasteiger partial charge in [0.2, 0.25) is 10.0 Å². The number of hydrogen-bond donors (Lipinski definition) is 1. The lowest BCUT2D eigenvalue weighted by Gasteiger charge is -2.33. The third kappa shape index (κ3) is 6.01. The van der Waals surface area contributed by atoms with Crippen molar-refractivity contribution in [2.75, 3.05) is 37.2 Å². The Kier molecular flexibility index (Phi) is 7.75. The molecule has 0 amide bonds. The van der Waals surface area contributed by atoms with E-state index in [0.717, 1.165) is 12.1 Å². The molecule has 0 atom stereocenters. The van der Waals surface area contributed by atoms with Crippen molar-refractivity contribution in [3.63, 3.8) is 0 Å². The normalized spacial score (nSPS) is 15.7. The van der Waals surface area contributed by atoms with Crippen LogP contribution in [0.3, 0.4) is 0 Å². The van der Waals surface area contributed by atoms with Crippen molar-refractivity contribution in [3.8, 4) is 0 Å². The molecule has 12 heteroatoms. The highest BCUT2D eigenvalue weighted by atomic mass is 32.2. The van der Waals surface area contributed by atoms with E-state index in [0.29, 0.717) is 37.7 Å². The SMILES string of the molecule is CCS(=O)(=O)c1cccnc1CNc1ccc(S(=O)(=O)N2CCN(Cc3ccncc3)CC2)cn1. The molecule has 1 aliphatic heterocycles. The van der Waals surface area contributed by atoms with Crippen LogP contribution >= 0.6 is 0 Å². The predicted molar refractivity (Wildman–Crippen MR) is 132 cm³/mol. The van der Waals surface area contributed by atoms with Crippen LogP contribution in [0.25, 0.3) is 0 Å². The van der Waals surface area contributed by atoms with Crippen molar-refractivity contribution in [1.29, 1.82) is 0 Å². The van der Waals surface area contributed by atoms with E-state index in [9.17, 15) is 16.8 Å². The van der Waals surface area contributed by atoms with Gasteiger partial charge in [0, 0.05) is 57.5 Å². The molecule has 0 spiro atoms. The highest BCUT2D eigenvalue weighted by molar-refractivity contribution is 7.91. The Morgan fingerprint density at radius 1 is 0.914 bits per heavy atom. The molecule has 1 fully saturated rings. The average Bonchev–Trinajstić information content (AvgIpc) is 2.89. The summed E-state index contributed by atoms with van der Waals surface area (Å²) >= 11 is 0. The van der Waals surface area contributed by atoms with Crippen molar-refractivity contribution in [3.05, 3.63) is 72.4 Å². The van der Waals surface area contributed by atoms with Gasteiger partial charge in [-0.2, -0.15) is 4.31 Å². The van der Waals surface area contributed by atoms with E-state index in [2.05, 4.69) is 25.2 Å². The minimum absolute atomic E-state index is 0.0194. The third-order valence-electron chi connectivity index (χ3n) is 5.86. The van der Waals surface area contributed by atoms with Crippen LogP contribution in [0.2, 0.25) is 0 Å². The number of nitrogens with one attached hydrogen (secondary N) is 1. The molecule has 0 bridgehead atoms. The molecule has 10 nitrogen and oxygen atoms in total. The number of anilines is 1. The van der Waals surface area contributed by atoms with Crippen LogP contribution in [0, 0.1) is 0 Å². The van der Waals surface area contributed by atoms with Gasteiger partial charge < -0.3 is 5.32 Å². The molecule has 0 aromatic carbocycles. The van der Waals surface area contributed by atoms with Gasteiger partial charge in [-0.3, -0.25) is 14.9 Å². The van der Waals surface area contributed by atoms with Gasteiger partial charge in [0.05, 0.1) is 22.9 Å². The van der Waals surface area contributed by atoms with Crippen LogP contribution in [0.5, 0.6) is 0 Å². The Bertz CT molecular complexity index is 1340. The number of pyridine rings is 3. The van der Waals surface area contributed by atoms with Gasteiger partial charge in [0.25, 0.3) is 0 Å². The van der Waals surface area contributed by atoms with E-state index in [1.165, 1.54) is 28.8 Å². The zero-order valence-electron chi connectivity index (χ0n) is 19.4. The minimum atomic E-state index is -3.66. The molecule has 186 valence electrons. The van der Waals surface area contributed by atoms with E-state index < -0.39 is 19.9 Å². The van der Waals surface area contributed by atoms with Crippen molar-refractivity contribution in [1.82, 2.24) is 24.2 Å². The van der Waals surface area contributed by atoms with Gasteiger partial charge in [0.15, 0.2) is 9.84 Å². The fraction of sp³-hybridized carbons (Fsp3) is 0.348. The Morgan fingerprint density at radius 2 is 1.66 bits per heavy atom. The molecule has 3 aromatic rings. The standard InChI is InChI=1S/C23H28N6O4S2/c1-2-34(30,31)22-4-3-9-25-21(22)17-27-23-6-5-20(16-26-23)35(32,33)29-14-12-28(13-15-29)18-19-7-10-24-11-8-19/h3-11,16H,2,12-15,17-18H2,1H3,(H,26,27). The zero-order chi connectivity index (χ0) is 24.9. The average molecular weight is 517 g/mol. The number of piperazine rings is 1. The van der Waals surface area contributed by atoms with Crippen molar-refractivity contribution < 1.29 is 16.8 Å². The molecule has 1 saturated heterocycles. The first-order chi connectivity index (χ1) is 16.8. The van der Waals surface area contributed by atoms with Crippen LogP contribution in [0.15, 0.2) is 71.0 Å². The molecule has 1 N–H and O–H groups in total. The van der Waals surface area contributed by atoms with E-state index >= 15 is 0 Å². The molecule has 4 heterocycles. The fourth-order valence-corrected chi connectivity index (χ4v) is 6.28. The summed E-state index contributed by atoms with van der Waals surface area (Å²) in [4.78, 5) is 14.9. The molecular weight excluding hydrogens is 488 g/mol. The lowest BCUT2D eigenvalue weighted by Crippen LogP contribution is -2.48. The molecule has 4 rings (SSSR count). The largest absolute Gasteiger partial charge is 0.364 e. The molecule has 0 aliphatic carbocycles. The number of sulfonamides is 1. The highest BCUT2D eigenvalue weighted by Gasteiger charge is 2.28. The summed E-state index contributed by atoms with van der Waals surface area (Å²) in [5.41, 5.74) is 1.53. The van der Waals surface area contributed by atoms with Gasteiger partial charge in [-0.15, -0.1) is 0 Å². The lowest BCUT2D eigenvalue weighted by molar-refractivity contribution is 0.181. The second kappa shape index (κ2) is 10.8. The van der Waals surface area contributed by atoms with Gasteiger partial charge in [-0.05, 0) is 42.0 Å². The number of aromatic nitrogens is 3. The summed E-state index contributed by atoms with van der Waals surface area (Å²) in [5, 5.41) is 3.03. The molecule has 0 unspecified atom stereocenters. The number of rotatable bonds is 9. The molecule has 1 aliphatic rings. The number of sulfone groups is 1. The maximum Gasteiger partial charge on any atom is 0.244 e. The third-order valence-corrected chi connectivity index (χ3v) is 9.55. The van der Waals surface area contributed by atoms with E-state index in [1.807, 2.05) is 12.1 Å². The van der Waals surface area contributed by atoms with Crippen molar-refractivity contribution in [2.24, 2.45) is 0 Å². The first-order valence-electron chi connectivity index (χ1n) is 11.3. The van der Waals surface area contributed by atoms with Gasteiger partial charge in [-0.25, -0.2) is 21.8 Å². The molecular formula is C23H28N6O4S2. The first kappa shape index (κ1) is 25.2. The topological polar surface area (TPSA) is 125 Å². The summed E-state index contributed by atoms with van der Waals surface area (Å²) in [5.74, 6) is 0.408. The summed E-state index contributed by atoms with van der Waals surface area (Å²) in [6.45, 7) is 4.58. The van der Waals surface area contributed by atoms with Crippen molar-refractivity contribution in [2.45, 2.75) is 29.8 Å². The van der Waals surface area contributed by atoms with Crippen LogP contribution in [0.4, 0.5) is 5.82 Å². The summed E-state index contributed by atoms with van der Waals surface area (Å²) in [7, 11) is -7.06. The Balaban J connectivity index is 1.36. The molecule has 0 saturated carbocycles. The maximum absolute atomic E-state index is 13.1. The Hall–Kier alpha value is -2.93. The Labute approximate surface area is 206 Å². The maximum atomic E-state index is 13.1. The van der Waals surface area contributed by atoms with Crippen LogP contribution in [-0.4, -0.2) is 72.9 Å². The van der Waals surface area contributed by atoms with Gasteiger partial charge in [0.1, 0.15) is 10.7 Å².